The summed E-state index contributed by atoms with van der Waals surface area (Å²) in [5, 5.41) is 145. The number of nitrogens with one attached hydrogen (secondary N) is 5. The fourth-order valence-electron chi connectivity index (χ4n) is 10.7. The number of aliphatic hydroxyl groups excluding tert-OH is 10. The lowest BCUT2D eigenvalue weighted by atomic mass is 10.0. The molecule has 0 spiro atoms. The molecule has 0 amide bonds. The van der Waals surface area contributed by atoms with Gasteiger partial charge in [0.1, 0.15) is 149 Å². The van der Waals surface area contributed by atoms with E-state index >= 15 is 0 Å². The van der Waals surface area contributed by atoms with E-state index in [0.29, 0.717) is 35.7 Å². The highest BCUT2D eigenvalue weighted by Gasteiger charge is 2.50. The third-order valence-corrected chi connectivity index (χ3v) is 18.0. The maximum Gasteiger partial charge on any atom is 0.351 e. The van der Waals surface area contributed by atoms with E-state index in [1.807, 2.05) is 20.8 Å². The van der Waals surface area contributed by atoms with Crippen LogP contribution in [0, 0.1) is 17.8 Å². The van der Waals surface area contributed by atoms with E-state index in [1.54, 1.807) is 48.2 Å². The molecular weight excluding hydrogens is 1640 g/mol. The molecule has 55 heteroatoms. The molecule has 5 aliphatic rings. The molecule has 10 heterocycles. The summed E-state index contributed by atoms with van der Waals surface area (Å²) in [6.45, 7) is 9.65. The first kappa shape index (κ1) is 92.5. The van der Waals surface area contributed by atoms with Crippen molar-refractivity contribution < 1.29 is 155 Å². The maximum absolute atomic E-state index is 12.0. The number of carbonyl (C=O) groups is 5. The highest BCUT2D eigenvalue weighted by Crippen LogP contribution is 2.34. The predicted octanol–water partition coefficient (Wildman–Crippen LogP) is -9.93. The molecule has 682 valence electrons. The zero-order valence-electron chi connectivity index (χ0n) is 70.9. The lowest BCUT2D eigenvalue weighted by molar-refractivity contribution is -0.153. The second-order valence-corrected chi connectivity index (χ2v) is 27.6. The molecule has 0 saturated carbocycles. The minimum atomic E-state index is -2.40. The third kappa shape index (κ3) is 26.4. The lowest BCUT2D eigenvalue weighted by Crippen LogP contribution is -2.41. The second-order valence-electron chi connectivity index (χ2n) is 27.6. The molecule has 0 aliphatic carbocycles. The molecule has 5 fully saturated rings. The number of rotatable bonds is 30. The quantitative estimate of drug-likeness (QED) is 0.0115. The van der Waals surface area contributed by atoms with Gasteiger partial charge in [0, 0.05) is 31.0 Å². The van der Waals surface area contributed by atoms with Gasteiger partial charge in [-0.05, 0) is 61.4 Å². The standard InChI is InChI=1S/2C15H24N4O7.C14H22N4O7.C12H18N4O7.C11H16N4O7/c1-7(2)5-8(16)14(22)25-6-9-11(20)12(21)13(26-9)19-4-3-10(18-24)17-15(19)23;1-3-7(2)10(16)14(22)25-6-8-11(20)12(21)13(26-8)19-5-4-9(18-24)17-15(19)23;1-6(2)9(15)13(21)24-5-7-10(19)11(20)12(25-7)18-4-3-8(17-23)16-14(18)22;1-5(13)11(19)22-4-6-8(17)9(18)10(23-6)16-3-2-7(15-21)14-12(16)20;12-3-7(16)21-4-5-8(17)9(18)10(22-5)15-2-1-6(14-20)13-11(15)19/h3-4,7-9,11-13,20-21,24H,5-6,16H2,1-2H3,(H,17,18,23);4-5,7-8,10-13,20-21,24H,3,6,16H2,1-2H3,(H,17,18,23);3-4,6-7,9-12,19-20,23H,5,15H2,1-2H3,(H,16,17,22);2-3,5-6,8-10,17-18,21H,4,13H2,1H3,(H,14,15,20);1-2,5,8-10,17-18,20H,3-4,12H2,(H,13,14,19)/t8-,9+,11+,12+,13+;7-,8+,10-,11+,12+,13+;7-,9+,10-,11-,12-;5-,6+,8+,9+,10+;5-,8-,9-,10-/m00101/s1/i2*13D;12D;2*10D. The van der Waals surface area contributed by atoms with Crippen LogP contribution in [0.1, 0.15) is 99.2 Å². The van der Waals surface area contributed by atoms with Crippen molar-refractivity contribution in [3.05, 3.63) is 114 Å². The van der Waals surface area contributed by atoms with Gasteiger partial charge in [0.2, 0.25) is 0 Å². The highest BCUT2D eigenvalue weighted by atomic mass is 16.6. The Morgan fingerprint density at radius 1 is 0.402 bits per heavy atom. The lowest BCUT2D eigenvalue weighted by Gasteiger charge is -2.19. The molecule has 122 heavy (non-hydrogen) atoms. The Hall–Kier alpha value is -10.2. The number of carbonyl (C=O) groups excluding carboxylic acids is 5. The number of aromatic nitrogens is 10. The minimum Gasteiger partial charge on any atom is -0.462 e. The Balaban J connectivity index is 0.000000245. The van der Waals surface area contributed by atoms with E-state index in [-0.39, 0.29) is 53.4 Å². The molecule has 0 aromatic carbocycles. The number of esters is 5. The van der Waals surface area contributed by atoms with Crippen LogP contribution in [-0.2, 0) is 71.3 Å². The molecule has 5 aliphatic heterocycles. The topological polar surface area (TPSA) is 846 Å². The van der Waals surface area contributed by atoms with Gasteiger partial charge in [-0.25, -0.2) is 24.0 Å². The fraction of sp³-hybridized carbons (Fsp3) is 0.627. The van der Waals surface area contributed by atoms with Gasteiger partial charge in [-0.2, -0.15) is 24.9 Å². The molecule has 5 saturated heterocycles. The van der Waals surface area contributed by atoms with Crippen molar-refractivity contribution in [2.75, 3.05) is 67.0 Å². The van der Waals surface area contributed by atoms with Gasteiger partial charge < -0.3 is 127 Å². The molecule has 0 bridgehead atoms. The van der Waals surface area contributed by atoms with E-state index in [0.717, 1.165) is 49.2 Å². The van der Waals surface area contributed by atoms with Gasteiger partial charge in [0.05, 0.1) is 13.4 Å². The Bertz CT molecular complexity index is 4850. The first-order valence-electron chi connectivity index (χ1n) is 39.2. The van der Waals surface area contributed by atoms with Crippen molar-refractivity contribution in [3.8, 4) is 0 Å². The average Bonchev–Trinajstić information content (AvgIpc) is 1.64. The van der Waals surface area contributed by atoms with Crippen LogP contribution in [0.4, 0.5) is 29.1 Å². The van der Waals surface area contributed by atoms with Crippen molar-refractivity contribution >= 4 is 58.9 Å². The summed E-state index contributed by atoms with van der Waals surface area (Å²) < 4.78 is 95.2. The first-order chi connectivity index (χ1) is 59.4. The third-order valence-electron chi connectivity index (χ3n) is 18.0. The molecule has 5 aromatic rings. The van der Waals surface area contributed by atoms with Crippen molar-refractivity contribution in [1.29, 1.82) is 0 Å². The van der Waals surface area contributed by atoms with E-state index < -0.39 is 238 Å². The van der Waals surface area contributed by atoms with Gasteiger partial charge in [0.15, 0.2) is 60.1 Å². The van der Waals surface area contributed by atoms with Crippen molar-refractivity contribution in [3.63, 3.8) is 0 Å². The summed E-state index contributed by atoms with van der Waals surface area (Å²) in [4.78, 5) is 135. The van der Waals surface area contributed by atoms with Crippen LogP contribution >= 0.6 is 0 Å². The van der Waals surface area contributed by atoms with Crippen LogP contribution in [0.2, 0.25) is 0 Å². The normalized spacial score (nSPS) is 31.2. The zero-order chi connectivity index (χ0) is 95.6. The minimum absolute atomic E-state index is 0.115. The molecule has 10 rings (SSSR count). The summed E-state index contributed by atoms with van der Waals surface area (Å²) in [6.07, 6.45) is -28.9. The Morgan fingerprint density at radius 2 is 0.639 bits per heavy atom. The SMILES string of the molecule is [2H][C@@]1(n2ccc(NO)nc2=O)O[C@H](COC(=O)CN)[C@@H](O)[C@H]1O.[2H][C@@]1(n2ccc(NO)nc2=O)O[C@H](COC(=O)[C@@H](N)C(C)C)[C@@H](O)[C@H]1O.[2H][C@@]1(n2ccc(NO)nc2=O)O[C@H](COC(=O)[C@@H](N)CC(C)C)[C@@H](O)[C@H]1O.[2H][C@@]1(n2ccc(NO)nc2=O)O[C@H](COC(=O)[C@@H](N)[C@@H](C)CC)[C@@H](O)[C@H]1O.[2H][C@@]1(n2ccc(NO)nc2=O)O[C@H](COC(=O)[C@H](C)N)[C@@H](O)[C@H]1O. The smallest absolute Gasteiger partial charge is 0.351 e. The summed E-state index contributed by atoms with van der Waals surface area (Å²) in [5.41, 5.74) is 30.8. The largest absolute Gasteiger partial charge is 0.462 e. The summed E-state index contributed by atoms with van der Waals surface area (Å²) >= 11 is 0. The van der Waals surface area contributed by atoms with Crippen LogP contribution in [0.5, 0.6) is 0 Å². The number of ether oxygens (including phenoxy) is 10. The van der Waals surface area contributed by atoms with Crippen molar-refractivity contribution in [2.24, 2.45) is 46.4 Å². The van der Waals surface area contributed by atoms with Crippen molar-refractivity contribution in [2.45, 2.75) is 208 Å². The van der Waals surface area contributed by atoms with Crippen LogP contribution in [0.3, 0.4) is 0 Å². The van der Waals surface area contributed by atoms with E-state index in [9.17, 15) is 99.0 Å². The number of anilines is 5. The average molecular weight is 1750 g/mol. The molecule has 0 unspecified atom stereocenters. The number of hydrogen-bond acceptors (Lipinski definition) is 50. The Morgan fingerprint density at radius 3 is 0.852 bits per heavy atom. The van der Waals surface area contributed by atoms with Crippen LogP contribution in [0.25, 0.3) is 0 Å². The Kier molecular flexibility index (Phi) is 35.5. The molecule has 25 atom stereocenters. The van der Waals surface area contributed by atoms with Gasteiger partial charge in [-0.15, -0.1) is 0 Å². The maximum atomic E-state index is 12.0. The van der Waals surface area contributed by atoms with E-state index in [1.165, 1.54) is 19.1 Å². The van der Waals surface area contributed by atoms with Crippen LogP contribution in [0.15, 0.2) is 85.3 Å². The number of nitrogens with two attached hydrogens (primary N) is 5. The summed E-state index contributed by atoms with van der Waals surface area (Å²) in [6, 6.07) is 2.34. The first-order valence-corrected chi connectivity index (χ1v) is 36.7. The predicted molar refractivity (Wildman–Crippen MR) is 404 cm³/mol. The number of nitrogens with zero attached hydrogens (tertiary/aromatic N) is 10. The van der Waals surface area contributed by atoms with Crippen LogP contribution in [-0.4, -0.2) is 310 Å². The van der Waals surface area contributed by atoms with Gasteiger partial charge in [-0.1, -0.05) is 48.0 Å². The zero-order valence-corrected chi connectivity index (χ0v) is 65.9. The number of hydrogen-bond donors (Lipinski definition) is 25. The molecule has 30 N–H and O–H groups in total. The van der Waals surface area contributed by atoms with Crippen molar-refractivity contribution in [1.82, 2.24) is 47.8 Å². The summed E-state index contributed by atoms with van der Waals surface area (Å²) in [5.74, 6) is -4.57. The molecule has 55 nitrogen and oxygen atoms in total. The van der Waals surface area contributed by atoms with E-state index in [2.05, 4.69) is 24.9 Å². The summed E-state index contributed by atoms with van der Waals surface area (Å²) in [7, 11) is 0. The fourth-order valence-corrected chi connectivity index (χ4v) is 10.7. The van der Waals surface area contributed by atoms with Gasteiger partial charge in [0.25, 0.3) is 0 Å². The van der Waals surface area contributed by atoms with E-state index in [4.69, 9.17) is 109 Å². The number of aliphatic hydroxyl groups is 10. The van der Waals surface area contributed by atoms with Crippen LogP contribution < -0.4 is 84.5 Å². The molecular formula is C67H104N20O35. The van der Waals surface area contributed by atoms with Gasteiger partial charge in [-0.3, -0.25) is 100 Å². The highest BCUT2D eigenvalue weighted by molar-refractivity contribution is 5.77. The van der Waals surface area contributed by atoms with Gasteiger partial charge >= 0.3 is 58.3 Å². The second kappa shape index (κ2) is 46.8. The Labute approximate surface area is 695 Å². The molecule has 5 aromatic heterocycles. The monoisotopic (exact) mass is 1750 g/mol. The molecule has 0 radical (unpaired) electrons.